The molecule has 3 nitrogen and oxygen atoms in total. The van der Waals surface area contributed by atoms with Gasteiger partial charge >= 0.3 is 5.97 Å². The van der Waals surface area contributed by atoms with Gasteiger partial charge in [0.05, 0.1) is 11.6 Å². The fourth-order valence-corrected chi connectivity index (χ4v) is 2.90. The molecule has 0 radical (unpaired) electrons. The number of nitriles is 1. The molecule has 2 rings (SSSR count). The molecule has 0 heterocycles. The largest absolute Gasteiger partial charge is 0.427 e. The molecule has 0 atom stereocenters. The number of esters is 1. The number of hydrogen-bond donors (Lipinski definition) is 0. The Balaban J connectivity index is 1.70. The van der Waals surface area contributed by atoms with Gasteiger partial charge in [0.15, 0.2) is 0 Å². The van der Waals surface area contributed by atoms with Gasteiger partial charge in [-0.05, 0) is 54.7 Å². The number of benzene rings is 2. The van der Waals surface area contributed by atoms with Crippen LogP contribution in [0.3, 0.4) is 0 Å². The van der Waals surface area contributed by atoms with Crippen LogP contribution >= 0.6 is 0 Å². The minimum Gasteiger partial charge on any atom is -0.427 e. The van der Waals surface area contributed by atoms with E-state index in [9.17, 15) is 4.79 Å². The summed E-state index contributed by atoms with van der Waals surface area (Å²) >= 11 is 0. The van der Waals surface area contributed by atoms with Gasteiger partial charge in [-0.3, -0.25) is 4.79 Å². The van der Waals surface area contributed by atoms with Gasteiger partial charge in [-0.1, -0.05) is 56.0 Å². The molecule has 0 aliphatic carbocycles. The maximum atomic E-state index is 11.9. The van der Waals surface area contributed by atoms with Crippen LogP contribution in [0.25, 0.3) is 11.1 Å². The summed E-state index contributed by atoms with van der Waals surface area (Å²) in [6.45, 7) is 3.73. The van der Waals surface area contributed by atoms with Crippen molar-refractivity contribution in [2.45, 2.75) is 51.4 Å². The third-order valence-electron chi connectivity index (χ3n) is 4.47. The van der Waals surface area contributed by atoms with Gasteiger partial charge < -0.3 is 4.74 Å². The number of carbonyl (C=O) groups excluding carboxylic acids is 1. The van der Waals surface area contributed by atoms with E-state index in [0.29, 0.717) is 17.7 Å². The predicted molar refractivity (Wildman–Crippen MR) is 109 cm³/mol. The molecule has 0 spiro atoms. The Morgan fingerprint density at radius 2 is 1.44 bits per heavy atom. The third kappa shape index (κ3) is 7.50. The molecule has 0 saturated heterocycles. The molecule has 0 aliphatic rings. The van der Waals surface area contributed by atoms with Crippen molar-refractivity contribution >= 4 is 5.97 Å². The molecule has 3 heteroatoms. The molecule has 0 unspecified atom stereocenters. The normalized spacial score (nSPS) is 10.2. The molecule has 0 bridgehead atoms. The second kappa shape index (κ2) is 11.7. The Morgan fingerprint density at radius 3 is 2.04 bits per heavy atom. The first-order valence-corrected chi connectivity index (χ1v) is 9.65. The number of carbonyl (C=O) groups is 1. The lowest BCUT2D eigenvalue weighted by atomic mass is 10.0. The first-order chi connectivity index (χ1) is 13.2. The summed E-state index contributed by atoms with van der Waals surface area (Å²) in [5, 5.41) is 8.85. The molecular formula is C24H27NO2. The summed E-state index contributed by atoms with van der Waals surface area (Å²) in [5.41, 5.74) is 2.69. The summed E-state index contributed by atoms with van der Waals surface area (Å²) in [6.07, 6.45) is 10.3. The van der Waals surface area contributed by atoms with Gasteiger partial charge in [0.1, 0.15) is 5.75 Å². The van der Waals surface area contributed by atoms with E-state index in [1.165, 1.54) is 25.7 Å². The SMILES string of the molecule is C=CCCCCCCCCC(=O)Oc1ccc(-c2ccc(C#N)cc2)cc1. The van der Waals surface area contributed by atoms with Crippen molar-refractivity contribution in [3.8, 4) is 22.9 Å². The predicted octanol–water partition coefficient (Wildman–Crippen LogP) is 6.44. The van der Waals surface area contributed by atoms with Crippen molar-refractivity contribution in [2.24, 2.45) is 0 Å². The van der Waals surface area contributed by atoms with E-state index in [0.717, 1.165) is 30.4 Å². The zero-order valence-corrected chi connectivity index (χ0v) is 15.8. The van der Waals surface area contributed by atoms with Crippen molar-refractivity contribution in [2.75, 3.05) is 0 Å². The molecule has 140 valence electrons. The Morgan fingerprint density at radius 1 is 0.889 bits per heavy atom. The van der Waals surface area contributed by atoms with Crippen LogP contribution in [-0.2, 0) is 4.79 Å². The van der Waals surface area contributed by atoms with Crippen LogP contribution in [0, 0.1) is 11.3 Å². The number of ether oxygens (including phenoxy) is 1. The lowest BCUT2D eigenvalue weighted by Crippen LogP contribution is -2.07. The van der Waals surface area contributed by atoms with Crippen LogP contribution in [0.15, 0.2) is 61.2 Å². The number of rotatable bonds is 11. The highest BCUT2D eigenvalue weighted by molar-refractivity contribution is 5.73. The van der Waals surface area contributed by atoms with Crippen molar-refractivity contribution < 1.29 is 9.53 Å². The lowest BCUT2D eigenvalue weighted by molar-refractivity contribution is -0.134. The van der Waals surface area contributed by atoms with Gasteiger partial charge in [-0.25, -0.2) is 0 Å². The minimum absolute atomic E-state index is 0.173. The van der Waals surface area contributed by atoms with E-state index in [1.807, 2.05) is 42.5 Å². The van der Waals surface area contributed by atoms with E-state index in [4.69, 9.17) is 10.00 Å². The second-order valence-corrected chi connectivity index (χ2v) is 6.64. The average molecular weight is 361 g/mol. The second-order valence-electron chi connectivity index (χ2n) is 6.64. The van der Waals surface area contributed by atoms with Gasteiger partial charge in [-0.15, -0.1) is 6.58 Å². The highest BCUT2D eigenvalue weighted by Crippen LogP contribution is 2.23. The number of allylic oxidation sites excluding steroid dienone is 1. The molecule has 0 amide bonds. The topological polar surface area (TPSA) is 50.1 Å². The fraction of sp³-hybridized carbons (Fsp3) is 0.333. The Hall–Kier alpha value is -2.86. The Kier molecular flexibility index (Phi) is 8.86. The fourth-order valence-electron chi connectivity index (χ4n) is 2.90. The number of nitrogens with zero attached hydrogens (tertiary/aromatic N) is 1. The molecule has 0 fully saturated rings. The molecule has 0 aliphatic heterocycles. The minimum atomic E-state index is -0.173. The molecule has 0 saturated carbocycles. The highest BCUT2D eigenvalue weighted by Gasteiger charge is 2.05. The average Bonchev–Trinajstić information content (AvgIpc) is 2.70. The molecule has 2 aromatic carbocycles. The molecule has 0 N–H and O–H groups in total. The summed E-state index contributed by atoms with van der Waals surface area (Å²) in [5.74, 6) is 0.398. The standard InChI is InChI=1S/C24H27NO2/c1-2-3-4-5-6-7-8-9-10-24(26)27-23-17-15-22(16-18-23)21-13-11-20(19-25)12-14-21/h2,11-18H,1,3-10H2. The number of hydrogen-bond acceptors (Lipinski definition) is 3. The van der Waals surface area contributed by atoms with Crippen LogP contribution in [0.4, 0.5) is 0 Å². The van der Waals surface area contributed by atoms with Crippen molar-refractivity contribution in [3.63, 3.8) is 0 Å². The van der Waals surface area contributed by atoms with Crippen LogP contribution in [-0.4, -0.2) is 5.97 Å². The van der Waals surface area contributed by atoms with E-state index in [1.54, 1.807) is 12.1 Å². The summed E-state index contributed by atoms with van der Waals surface area (Å²) in [7, 11) is 0. The van der Waals surface area contributed by atoms with Gasteiger partial charge in [0, 0.05) is 6.42 Å². The Labute approximate surface area is 162 Å². The molecule has 0 aromatic heterocycles. The summed E-state index contributed by atoms with van der Waals surface area (Å²) in [6, 6.07) is 17.0. The van der Waals surface area contributed by atoms with E-state index < -0.39 is 0 Å². The van der Waals surface area contributed by atoms with Gasteiger partial charge in [-0.2, -0.15) is 5.26 Å². The monoisotopic (exact) mass is 361 g/mol. The third-order valence-corrected chi connectivity index (χ3v) is 4.47. The van der Waals surface area contributed by atoms with Crippen LogP contribution in [0.5, 0.6) is 5.75 Å². The molecule has 27 heavy (non-hydrogen) atoms. The maximum Gasteiger partial charge on any atom is 0.311 e. The van der Waals surface area contributed by atoms with E-state index >= 15 is 0 Å². The Bertz CT molecular complexity index is 754. The molecule has 2 aromatic rings. The zero-order chi connectivity index (χ0) is 19.3. The van der Waals surface area contributed by atoms with Crippen molar-refractivity contribution in [3.05, 3.63) is 66.7 Å². The summed E-state index contributed by atoms with van der Waals surface area (Å²) in [4.78, 5) is 11.9. The van der Waals surface area contributed by atoms with Crippen LogP contribution in [0.1, 0.15) is 56.9 Å². The molecular weight excluding hydrogens is 334 g/mol. The van der Waals surface area contributed by atoms with Gasteiger partial charge in [0.25, 0.3) is 0 Å². The van der Waals surface area contributed by atoms with E-state index in [-0.39, 0.29) is 5.97 Å². The van der Waals surface area contributed by atoms with Crippen molar-refractivity contribution in [1.29, 1.82) is 5.26 Å². The number of unbranched alkanes of at least 4 members (excludes halogenated alkanes) is 6. The van der Waals surface area contributed by atoms with Crippen LogP contribution in [0.2, 0.25) is 0 Å². The first kappa shape index (κ1) is 20.5. The zero-order valence-electron chi connectivity index (χ0n) is 15.8. The quantitative estimate of drug-likeness (QED) is 0.200. The first-order valence-electron chi connectivity index (χ1n) is 9.65. The summed E-state index contributed by atoms with van der Waals surface area (Å²) < 4.78 is 5.41. The smallest absolute Gasteiger partial charge is 0.311 e. The highest BCUT2D eigenvalue weighted by atomic mass is 16.5. The lowest BCUT2D eigenvalue weighted by Gasteiger charge is -2.06. The van der Waals surface area contributed by atoms with E-state index in [2.05, 4.69) is 12.6 Å². The van der Waals surface area contributed by atoms with Gasteiger partial charge in [0.2, 0.25) is 0 Å². The van der Waals surface area contributed by atoms with Crippen LogP contribution < -0.4 is 4.74 Å². The van der Waals surface area contributed by atoms with Crippen molar-refractivity contribution in [1.82, 2.24) is 0 Å². The maximum absolute atomic E-state index is 11.9.